The van der Waals surface area contributed by atoms with Gasteiger partial charge in [-0.2, -0.15) is 0 Å². The van der Waals surface area contributed by atoms with Gasteiger partial charge in [0.1, 0.15) is 5.82 Å². The van der Waals surface area contributed by atoms with E-state index in [4.69, 9.17) is 4.74 Å². The molecule has 0 unspecified atom stereocenters. The van der Waals surface area contributed by atoms with Gasteiger partial charge in [0.25, 0.3) is 0 Å². The first kappa shape index (κ1) is 18.2. The summed E-state index contributed by atoms with van der Waals surface area (Å²) in [7, 11) is -3.30. The van der Waals surface area contributed by atoms with Crippen molar-refractivity contribution in [3.05, 3.63) is 23.9 Å². The van der Waals surface area contributed by atoms with Crippen molar-refractivity contribution >= 4 is 15.8 Å². The van der Waals surface area contributed by atoms with E-state index >= 15 is 0 Å². The number of nitrogens with zero attached hydrogens (tertiary/aromatic N) is 2. The molecule has 0 spiro atoms. The number of hydrogen-bond donors (Lipinski definition) is 1. The highest BCUT2D eigenvalue weighted by Crippen LogP contribution is 2.16. The van der Waals surface area contributed by atoms with Crippen molar-refractivity contribution in [3.63, 3.8) is 0 Å². The first-order valence-corrected chi connectivity index (χ1v) is 9.69. The maximum absolute atomic E-state index is 12.3. The highest BCUT2D eigenvalue weighted by atomic mass is 32.2. The topological polar surface area (TPSA) is 71.5 Å². The SMILES string of the molecule is CC(C)C[C@H](C)S(=O)(=O)NCc1ccnc(N2CCOCC2)c1. The molecule has 0 radical (unpaired) electrons. The molecule has 6 nitrogen and oxygen atoms in total. The lowest BCUT2D eigenvalue weighted by atomic mass is 10.1. The Hall–Kier alpha value is -1.18. The van der Waals surface area contributed by atoms with Crippen LogP contribution >= 0.6 is 0 Å². The molecule has 1 aliphatic heterocycles. The largest absolute Gasteiger partial charge is 0.378 e. The number of hydrogen-bond acceptors (Lipinski definition) is 5. The van der Waals surface area contributed by atoms with Gasteiger partial charge < -0.3 is 9.64 Å². The Morgan fingerprint density at radius 1 is 1.30 bits per heavy atom. The zero-order valence-electron chi connectivity index (χ0n) is 14.2. The van der Waals surface area contributed by atoms with Gasteiger partial charge in [-0.15, -0.1) is 0 Å². The zero-order chi connectivity index (χ0) is 16.9. The number of rotatable bonds is 7. The van der Waals surface area contributed by atoms with Gasteiger partial charge in [-0.3, -0.25) is 0 Å². The van der Waals surface area contributed by atoms with Crippen molar-refractivity contribution < 1.29 is 13.2 Å². The maximum atomic E-state index is 12.3. The molecule has 0 aromatic carbocycles. The molecule has 1 aliphatic rings. The van der Waals surface area contributed by atoms with E-state index < -0.39 is 10.0 Å². The average molecular weight is 341 g/mol. The molecule has 0 saturated carbocycles. The van der Waals surface area contributed by atoms with Crippen LogP contribution in [-0.4, -0.2) is 45.0 Å². The Bertz CT molecular complexity index is 598. The highest BCUT2D eigenvalue weighted by Gasteiger charge is 2.21. The minimum atomic E-state index is -3.30. The number of sulfonamides is 1. The van der Waals surface area contributed by atoms with E-state index in [-0.39, 0.29) is 5.25 Å². The zero-order valence-corrected chi connectivity index (χ0v) is 15.0. The van der Waals surface area contributed by atoms with Crippen LogP contribution in [-0.2, 0) is 21.3 Å². The molecule has 1 aromatic heterocycles. The summed E-state index contributed by atoms with van der Waals surface area (Å²) in [5.41, 5.74) is 0.918. The molecule has 0 amide bonds. The molecule has 1 N–H and O–H groups in total. The van der Waals surface area contributed by atoms with Crippen LogP contribution in [0.5, 0.6) is 0 Å². The smallest absolute Gasteiger partial charge is 0.214 e. The van der Waals surface area contributed by atoms with Crippen LogP contribution in [0.4, 0.5) is 5.82 Å². The van der Waals surface area contributed by atoms with Gasteiger partial charge in [-0.05, 0) is 37.0 Å². The third-order valence-corrected chi connectivity index (χ3v) is 5.75. The van der Waals surface area contributed by atoms with Gasteiger partial charge in [-0.25, -0.2) is 18.1 Å². The molecule has 130 valence electrons. The van der Waals surface area contributed by atoms with Crippen LogP contribution in [0.15, 0.2) is 18.3 Å². The summed E-state index contributed by atoms with van der Waals surface area (Å²) >= 11 is 0. The van der Waals surface area contributed by atoms with Crippen molar-refractivity contribution in [3.8, 4) is 0 Å². The summed E-state index contributed by atoms with van der Waals surface area (Å²) in [6.07, 6.45) is 2.39. The van der Waals surface area contributed by atoms with Gasteiger partial charge in [0, 0.05) is 25.8 Å². The van der Waals surface area contributed by atoms with Crippen molar-refractivity contribution in [1.82, 2.24) is 9.71 Å². The minimum Gasteiger partial charge on any atom is -0.378 e. The van der Waals surface area contributed by atoms with Gasteiger partial charge in [0.05, 0.1) is 18.5 Å². The number of nitrogens with one attached hydrogen (secondary N) is 1. The fourth-order valence-electron chi connectivity index (χ4n) is 2.65. The number of morpholine rings is 1. The third kappa shape index (κ3) is 5.44. The lowest BCUT2D eigenvalue weighted by Gasteiger charge is -2.28. The second-order valence-electron chi connectivity index (χ2n) is 6.43. The second kappa shape index (κ2) is 8.08. The molecule has 1 atom stereocenters. The number of ether oxygens (including phenoxy) is 1. The Morgan fingerprint density at radius 2 is 2.00 bits per heavy atom. The molecule has 2 heterocycles. The third-order valence-electron chi connectivity index (χ3n) is 3.96. The molecule has 0 aliphatic carbocycles. The molecule has 1 fully saturated rings. The van der Waals surface area contributed by atoms with Crippen molar-refractivity contribution in [2.24, 2.45) is 5.92 Å². The standard InChI is InChI=1S/C16H27N3O3S/c1-13(2)10-14(3)23(20,21)18-12-15-4-5-17-16(11-15)19-6-8-22-9-7-19/h4-5,11,13-14,18H,6-10,12H2,1-3H3/t14-/m0/s1. The number of anilines is 1. The first-order valence-electron chi connectivity index (χ1n) is 8.14. The van der Waals surface area contributed by atoms with Crippen molar-refractivity contribution in [2.75, 3.05) is 31.2 Å². The summed E-state index contributed by atoms with van der Waals surface area (Å²) in [4.78, 5) is 6.53. The average Bonchev–Trinajstić information content (AvgIpc) is 2.53. The monoisotopic (exact) mass is 341 g/mol. The van der Waals surface area contributed by atoms with Crippen molar-refractivity contribution in [2.45, 2.75) is 39.0 Å². The van der Waals surface area contributed by atoms with E-state index in [1.165, 1.54) is 0 Å². The predicted molar refractivity (Wildman–Crippen MR) is 91.9 cm³/mol. The molecule has 7 heteroatoms. The second-order valence-corrected chi connectivity index (χ2v) is 8.61. The van der Waals surface area contributed by atoms with Gasteiger partial charge in [-0.1, -0.05) is 13.8 Å². The van der Waals surface area contributed by atoms with E-state index in [1.807, 2.05) is 26.0 Å². The Morgan fingerprint density at radius 3 is 2.65 bits per heavy atom. The summed E-state index contributed by atoms with van der Waals surface area (Å²) < 4.78 is 32.6. The van der Waals surface area contributed by atoms with Gasteiger partial charge in [0.2, 0.25) is 10.0 Å². The van der Waals surface area contributed by atoms with Crippen LogP contribution < -0.4 is 9.62 Å². The van der Waals surface area contributed by atoms with E-state index in [1.54, 1.807) is 13.1 Å². The van der Waals surface area contributed by atoms with Crippen LogP contribution in [0.25, 0.3) is 0 Å². The lowest BCUT2D eigenvalue weighted by molar-refractivity contribution is 0.122. The summed E-state index contributed by atoms with van der Waals surface area (Å²) in [6.45, 7) is 9.14. The fourth-order valence-corrected chi connectivity index (χ4v) is 3.94. The van der Waals surface area contributed by atoms with E-state index in [2.05, 4.69) is 14.6 Å². The van der Waals surface area contributed by atoms with Crippen LogP contribution in [0.2, 0.25) is 0 Å². The first-order chi connectivity index (χ1) is 10.9. The van der Waals surface area contributed by atoms with Gasteiger partial charge >= 0.3 is 0 Å². The van der Waals surface area contributed by atoms with Crippen LogP contribution in [0.1, 0.15) is 32.8 Å². The van der Waals surface area contributed by atoms with E-state index in [0.717, 1.165) is 24.5 Å². The quantitative estimate of drug-likeness (QED) is 0.818. The molecule has 1 aromatic rings. The summed E-state index contributed by atoms with van der Waals surface area (Å²) in [6, 6.07) is 3.79. The molecular formula is C16H27N3O3S. The summed E-state index contributed by atoms with van der Waals surface area (Å²) in [5, 5.41) is -0.386. The fraction of sp³-hybridized carbons (Fsp3) is 0.688. The molecule has 23 heavy (non-hydrogen) atoms. The Labute approximate surface area is 139 Å². The van der Waals surface area contributed by atoms with E-state index in [0.29, 0.717) is 32.1 Å². The van der Waals surface area contributed by atoms with Crippen molar-refractivity contribution in [1.29, 1.82) is 0 Å². The molecule has 1 saturated heterocycles. The normalized spacial score (nSPS) is 17.5. The number of aromatic nitrogens is 1. The lowest BCUT2D eigenvalue weighted by Crippen LogP contribution is -2.37. The molecular weight excluding hydrogens is 314 g/mol. The molecule has 2 rings (SSSR count). The Balaban J connectivity index is 1.97. The minimum absolute atomic E-state index is 0.296. The van der Waals surface area contributed by atoms with Crippen LogP contribution in [0, 0.1) is 5.92 Å². The number of pyridine rings is 1. The predicted octanol–water partition coefficient (Wildman–Crippen LogP) is 1.77. The summed E-state index contributed by atoms with van der Waals surface area (Å²) in [5.74, 6) is 1.23. The van der Waals surface area contributed by atoms with Crippen LogP contribution in [0.3, 0.4) is 0 Å². The van der Waals surface area contributed by atoms with E-state index in [9.17, 15) is 8.42 Å². The maximum Gasteiger partial charge on any atom is 0.214 e. The Kier molecular flexibility index (Phi) is 6.38. The highest BCUT2D eigenvalue weighted by molar-refractivity contribution is 7.90. The molecule has 0 bridgehead atoms. The van der Waals surface area contributed by atoms with Gasteiger partial charge in [0.15, 0.2) is 0 Å².